The van der Waals surface area contributed by atoms with Gasteiger partial charge in [0.1, 0.15) is 0 Å². The number of rotatable bonds is 7. The van der Waals surface area contributed by atoms with Gasteiger partial charge in [-0.15, -0.1) is 11.3 Å². The molecule has 1 fully saturated rings. The molecule has 3 rings (SSSR count). The Morgan fingerprint density at radius 1 is 1.19 bits per heavy atom. The van der Waals surface area contributed by atoms with Crippen molar-refractivity contribution in [1.82, 2.24) is 20.9 Å². The summed E-state index contributed by atoms with van der Waals surface area (Å²) in [4.78, 5) is 41.2. The number of nitrogens with one attached hydrogen (secondary N) is 3. The van der Waals surface area contributed by atoms with Crippen LogP contribution in [0.15, 0.2) is 35.7 Å². The summed E-state index contributed by atoms with van der Waals surface area (Å²) in [7, 11) is 0. The normalized spacial score (nSPS) is 13.4. The van der Waals surface area contributed by atoms with Gasteiger partial charge in [0.2, 0.25) is 11.8 Å². The van der Waals surface area contributed by atoms with Gasteiger partial charge < -0.3 is 16.0 Å². The summed E-state index contributed by atoms with van der Waals surface area (Å²) in [5, 5.41) is 10.3. The summed E-state index contributed by atoms with van der Waals surface area (Å²) in [5.41, 5.74) is 1.57. The number of carbonyl (C=O) groups is 3. The number of nitrogens with zero attached hydrogens (tertiary/aromatic N) is 2. The Morgan fingerprint density at radius 2 is 2.00 bits per heavy atom. The van der Waals surface area contributed by atoms with Crippen LogP contribution in [0.4, 0.5) is 9.93 Å². The number of thiazole rings is 1. The highest BCUT2D eigenvalue weighted by molar-refractivity contribution is 7.14. The molecule has 1 saturated heterocycles. The molecule has 0 saturated carbocycles. The SMILES string of the molecule is O=C(CNC(=O)Cc1csc(N2CCNC2=O)n1)NCc1ccccc1. The first-order valence-electron chi connectivity index (χ1n) is 8.19. The van der Waals surface area contributed by atoms with Crippen LogP contribution in [0, 0.1) is 0 Å². The quantitative estimate of drug-likeness (QED) is 0.663. The minimum absolute atomic E-state index is 0.0674. The Bertz CT molecular complexity index is 793. The second kappa shape index (κ2) is 8.43. The van der Waals surface area contributed by atoms with E-state index >= 15 is 0 Å². The van der Waals surface area contributed by atoms with Crippen LogP contribution in [0.5, 0.6) is 0 Å². The lowest BCUT2D eigenvalue weighted by Gasteiger charge is -2.08. The molecule has 1 aromatic carbocycles. The summed E-state index contributed by atoms with van der Waals surface area (Å²) in [6, 6.07) is 9.36. The molecule has 0 spiro atoms. The number of carbonyl (C=O) groups excluding carboxylic acids is 3. The van der Waals surface area contributed by atoms with Crippen molar-refractivity contribution in [2.45, 2.75) is 13.0 Å². The molecule has 2 aromatic rings. The van der Waals surface area contributed by atoms with Crippen LogP contribution in [0.1, 0.15) is 11.3 Å². The van der Waals surface area contributed by atoms with Gasteiger partial charge >= 0.3 is 6.03 Å². The van der Waals surface area contributed by atoms with Gasteiger partial charge in [0, 0.05) is 25.0 Å². The van der Waals surface area contributed by atoms with E-state index in [1.165, 1.54) is 11.3 Å². The van der Waals surface area contributed by atoms with E-state index in [4.69, 9.17) is 0 Å². The zero-order chi connectivity index (χ0) is 18.4. The van der Waals surface area contributed by atoms with Gasteiger partial charge in [0.25, 0.3) is 0 Å². The lowest BCUT2D eigenvalue weighted by Crippen LogP contribution is -2.37. The van der Waals surface area contributed by atoms with E-state index in [1.54, 1.807) is 10.3 Å². The number of urea groups is 1. The number of amides is 4. The van der Waals surface area contributed by atoms with E-state index in [-0.39, 0.29) is 30.8 Å². The largest absolute Gasteiger partial charge is 0.350 e. The van der Waals surface area contributed by atoms with Crippen molar-refractivity contribution in [3.63, 3.8) is 0 Å². The smallest absolute Gasteiger partial charge is 0.323 e. The van der Waals surface area contributed by atoms with Crippen LogP contribution < -0.4 is 20.9 Å². The lowest BCUT2D eigenvalue weighted by molar-refractivity contribution is -0.125. The molecule has 0 aliphatic carbocycles. The van der Waals surface area contributed by atoms with Gasteiger partial charge in [-0.2, -0.15) is 0 Å². The van der Waals surface area contributed by atoms with Crippen molar-refractivity contribution in [3.05, 3.63) is 47.0 Å². The minimum atomic E-state index is -0.289. The van der Waals surface area contributed by atoms with Crippen LogP contribution in [0.2, 0.25) is 0 Å². The average molecular weight is 373 g/mol. The Labute approximate surface area is 154 Å². The summed E-state index contributed by atoms with van der Waals surface area (Å²) in [6.07, 6.45) is 0.0674. The van der Waals surface area contributed by atoms with Crippen molar-refractivity contribution < 1.29 is 14.4 Å². The second-order valence-corrected chi connectivity index (χ2v) is 6.56. The van der Waals surface area contributed by atoms with E-state index in [0.29, 0.717) is 30.5 Å². The highest BCUT2D eigenvalue weighted by Gasteiger charge is 2.24. The molecule has 0 bridgehead atoms. The molecule has 3 N–H and O–H groups in total. The molecule has 26 heavy (non-hydrogen) atoms. The molecule has 0 radical (unpaired) electrons. The Hall–Kier alpha value is -2.94. The van der Waals surface area contributed by atoms with Crippen molar-refractivity contribution >= 4 is 34.3 Å². The Morgan fingerprint density at radius 3 is 2.73 bits per heavy atom. The number of benzene rings is 1. The van der Waals surface area contributed by atoms with Crippen molar-refractivity contribution in [2.75, 3.05) is 24.5 Å². The van der Waals surface area contributed by atoms with E-state index in [1.807, 2.05) is 30.3 Å². The highest BCUT2D eigenvalue weighted by Crippen LogP contribution is 2.22. The maximum Gasteiger partial charge on any atom is 0.323 e. The number of aromatic nitrogens is 1. The lowest BCUT2D eigenvalue weighted by atomic mass is 10.2. The van der Waals surface area contributed by atoms with Crippen LogP contribution in [-0.4, -0.2) is 42.5 Å². The fourth-order valence-electron chi connectivity index (χ4n) is 2.42. The van der Waals surface area contributed by atoms with Crippen molar-refractivity contribution in [3.8, 4) is 0 Å². The number of hydrogen-bond donors (Lipinski definition) is 3. The zero-order valence-corrected chi connectivity index (χ0v) is 14.8. The molecule has 1 aliphatic heterocycles. The molecular formula is C17H19N5O3S. The monoisotopic (exact) mass is 373 g/mol. The summed E-state index contributed by atoms with van der Waals surface area (Å²) in [6.45, 7) is 1.49. The summed E-state index contributed by atoms with van der Waals surface area (Å²) >= 11 is 1.32. The first-order chi connectivity index (χ1) is 12.6. The van der Waals surface area contributed by atoms with E-state index in [0.717, 1.165) is 5.56 Å². The second-order valence-electron chi connectivity index (χ2n) is 5.72. The van der Waals surface area contributed by atoms with E-state index < -0.39 is 0 Å². The molecule has 9 heteroatoms. The van der Waals surface area contributed by atoms with Crippen LogP contribution in [0.3, 0.4) is 0 Å². The van der Waals surface area contributed by atoms with Gasteiger partial charge in [0.15, 0.2) is 5.13 Å². The Balaban J connectivity index is 1.40. The molecule has 136 valence electrons. The van der Waals surface area contributed by atoms with Gasteiger partial charge in [0.05, 0.1) is 18.7 Å². The maximum absolute atomic E-state index is 12.0. The topological polar surface area (TPSA) is 103 Å². The van der Waals surface area contributed by atoms with Crippen molar-refractivity contribution in [2.24, 2.45) is 0 Å². The highest BCUT2D eigenvalue weighted by atomic mass is 32.1. The fourth-order valence-corrected chi connectivity index (χ4v) is 3.27. The molecule has 1 aliphatic rings. The van der Waals surface area contributed by atoms with Crippen LogP contribution in [-0.2, 0) is 22.6 Å². The van der Waals surface area contributed by atoms with Gasteiger partial charge in [-0.05, 0) is 5.56 Å². The van der Waals surface area contributed by atoms with Crippen LogP contribution in [0.25, 0.3) is 0 Å². The molecule has 0 unspecified atom stereocenters. The Kier molecular flexibility index (Phi) is 5.80. The maximum atomic E-state index is 12.0. The summed E-state index contributed by atoms with van der Waals surface area (Å²) in [5.74, 6) is -0.544. The molecule has 4 amide bonds. The molecule has 1 aromatic heterocycles. The van der Waals surface area contributed by atoms with E-state index in [2.05, 4.69) is 20.9 Å². The third kappa shape index (κ3) is 4.79. The molecular weight excluding hydrogens is 354 g/mol. The first-order valence-corrected chi connectivity index (χ1v) is 9.07. The molecule has 0 atom stereocenters. The van der Waals surface area contributed by atoms with Gasteiger partial charge in [-0.25, -0.2) is 9.78 Å². The average Bonchev–Trinajstić information content (AvgIpc) is 3.27. The first kappa shape index (κ1) is 17.9. The fraction of sp³-hybridized carbons (Fsp3) is 0.294. The number of hydrogen-bond acceptors (Lipinski definition) is 5. The van der Waals surface area contributed by atoms with Gasteiger partial charge in [-0.1, -0.05) is 30.3 Å². The third-order valence-corrected chi connectivity index (χ3v) is 4.66. The number of anilines is 1. The third-order valence-electron chi connectivity index (χ3n) is 3.75. The predicted molar refractivity (Wildman–Crippen MR) is 97.9 cm³/mol. The minimum Gasteiger partial charge on any atom is -0.350 e. The van der Waals surface area contributed by atoms with Gasteiger partial charge in [-0.3, -0.25) is 14.5 Å². The summed E-state index contributed by atoms with van der Waals surface area (Å²) < 4.78 is 0. The predicted octanol–water partition coefficient (Wildman–Crippen LogP) is 0.648. The van der Waals surface area contributed by atoms with Crippen LogP contribution >= 0.6 is 11.3 Å². The zero-order valence-electron chi connectivity index (χ0n) is 14.0. The molecule has 2 heterocycles. The van der Waals surface area contributed by atoms with Crippen molar-refractivity contribution in [1.29, 1.82) is 0 Å². The molecule has 8 nitrogen and oxygen atoms in total. The van der Waals surface area contributed by atoms with E-state index in [9.17, 15) is 14.4 Å². The standard InChI is InChI=1S/C17H19N5O3S/c23-14(20-10-15(24)19-9-12-4-2-1-3-5-12)8-13-11-26-17(21-13)22-7-6-18-16(22)25/h1-5,11H,6-10H2,(H,18,25)(H,19,24)(H,20,23).